The van der Waals surface area contributed by atoms with Crippen molar-refractivity contribution in [1.29, 1.82) is 0 Å². The summed E-state index contributed by atoms with van der Waals surface area (Å²) in [5.41, 5.74) is 0. The molecule has 0 saturated heterocycles. The van der Waals surface area contributed by atoms with Crippen LogP contribution in [-0.4, -0.2) is 27.1 Å². The van der Waals surface area contributed by atoms with E-state index >= 15 is 0 Å². The van der Waals surface area contributed by atoms with E-state index in [9.17, 15) is 0 Å². The van der Waals surface area contributed by atoms with Gasteiger partial charge in [-0.25, -0.2) is 0 Å². The Bertz CT molecular complexity index is 150. The van der Waals surface area contributed by atoms with Crippen LogP contribution in [0.5, 0.6) is 0 Å². The fourth-order valence-electron chi connectivity index (χ4n) is 1.74. The second-order valence-corrected chi connectivity index (χ2v) is 5.02. The second-order valence-electron chi connectivity index (χ2n) is 5.02. The largest absolute Gasteiger partial charge is 1.00 e. The maximum Gasteiger partial charge on any atom is 1.00 e. The summed E-state index contributed by atoms with van der Waals surface area (Å²) in [4.78, 5) is 0. The molecule has 0 aliphatic rings. The van der Waals surface area contributed by atoms with Gasteiger partial charge in [0.1, 0.15) is 0 Å². The Labute approximate surface area is 171 Å². The van der Waals surface area contributed by atoms with Gasteiger partial charge in [-0.2, -0.15) is 0 Å². The average Bonchev–Trinajstić information content (AvgIpc) is 2.43. The monoisotopic (exact) mass is 312 g/mol. The van der Waals surface area contributed by atoms with Crippen LogP contribution in [0.3, 0.4) is 0 Å². The third-order valence-corrected chi connectivity index (χ3v) is 3.01. The summed E-state index contributed by atoms with van der Waals surface area (Å²) in [6, 6.07) is 0. The van der Waals surface area contributed by atoms with E-state index in [4.69, 9.17) is 14.0 Å². The van der Waals surface area contributed by atoms with Crippen LogP contribution in [0.25, 0.3) is 0 Å². The van der Waals surface area contributed by atoms with E-state index in [1.807, 2.05) is 0 Å². The van der Waals surface area contributed by atoms with Gasteiger partial charge in [0.25, 0.3) is 0 Å². The smallest absolute Gasteiger partial charge is 1.00 e. The molecule has 0 aromatic rings. The van der Waals surface area contributed by atoms with Crippen LogP contribution >= 0.6 is 0 Å². The molecule has 116 valence electrons. The Morgan fingerprint density at radius 1 is 0.600 bits per heavy atom. The van der Waals surface area contributed by atoms with Crippen molar-refractivity contribution in [2.45, 2.75) is 78.6 Å². The molecule has 5 heteroatoms. The molecular formula is C15H34BKO3. The first-order valence-electron chi connectivity index (χ1n) is 8.19. The third-order valence-electron chi connectivity index (χ3n) is 3.01. The van der Waals surface area contributed by atoms with E-state index in [2.05, 4.69) is 20.8 Å². The molecule has 0 aromatic heterocycles. The summed E-state index contributed by atoms with van der Waals surface area (Å²) in [6.07, 6.45) is 10.5. The summed E-state index contributed by atoms with van der Waals surface area (Å²) < 4.78 is 17.0. The zero-order valence-corrected chi connectivity index (χ0v) is 17.4. The van der Waals surface area contributed by atoms with Gasteiger partial charge in [-0.15, -0.1) is 0 Å². The summed E-state index contributed by atoms with van der Waals surface area (Å²) in [7, 11) is -0.453. The molecule has 0 saturated carbocycles. The van der Waals surface area contributed by atoms with Crippen molar-refractivity contribution in [3.8, 4) is 0 Å². The molecule has 0 radical (unpaired) electrons. The summed E-state index contributed by atoms with van der Waals surface area (Å²) >= 11 is 0. The van der Waals surface area contributed by atoms with Crippen LogP contribution < -0.4 is 51.4 Å². The van der Waals surface area contributed by atoms with E-state index < -0.39 is 7.32 Å². The van der Waals surface area contributed by atoms with Crippen molar-refractivity contribution < 1.29 is 66.8 Å². The molecule has 0 aromatic carbocycles. The molecule has 0 unspecified atom stereocenters. The fraction of sp³-hybridized carbons (Fsp3) is 1.00. The first-order valence-corrected chi connectivity index (χ1v) is 8.19. The molecule has 0 rings (SSSR count). The van der Waals surface area contributed by atoms with Crippen molar-refractivity contribution in [3.63, 3.8) is 0 Å². The van der Waals surface area contributed by atoms with Crippen LogP contribution in [-0.2, 0) is 14.0 Å². The molecule has 0 fully saturated rings. The van der Waals surface area contributed by atoms with Crippen LogP contribution in [0.4, 0.5) is 0 Å². The first kappa shape index (κ1) is 23.8. The number of rotatable bonds is 15. The van der Waals surface area contributed by atoms with Crippen molar-refractivity contribution >= 4 is 7.32 Å². The van der Waals surface area contributed by atoms with E-state index in [-0.39, 0.29) is 52.8 Å². The van der Waals surface area contributed by atoms with E-state index in [1.165, 1.54) is 38.5 Å². The molecule has 0 amide bonds. The third kappa shape index (κ3) is 17.6. The predicted octanol–water partition coefficient (Wildman–Crippen LogP) is 1.71. The molecule has 20 heavy (non-hydrogen) atoms. The van der Waals surface area contributed by atoms with Gasteiger partial charge in [-0.1, -0.05) is 59.3 Å². The van der Waals surface area contributed by atoms with E-state index in [0.29, 0.717) is 0 Å². The average molecular weight is 312 g/mol. The minimum Gasteiger partial charge on any atom is -1.00 e. The van der Waals surface area contributed by atoms with E-state index in [1.54, 1.807) is 0 Å². The zero-order valence-electron chi connectivity index (χ0n) is 15.3. The molecule has 0 spiro atoms. The van der Waals surface area contributed by atoms with Crippen molar-refractivity contribution in [2.75, 3.05) is 19.8 Å². The molecular weight excluding hydrogens is 278 g/mol. The van der Waals surface area contributed by atoms with Crippen molar-refractivity contribution in [2.24, 2.45) is 0 Å². The number of hydrogen-bond acceptors (Lipinski definition) is 3. The van der Waals surface area contributed by atoms with Gasteiger partial charge in [-0.3, -0.25) is 0 Å². The first-order chi connectivity index (χ1) is 9.35. The summed E-state index contributed by atoms with van der Waals surface area (Å²) in [6.45, 7) is 8.79. The van der Waals surface area contributed by atoms with Crippen molar-refractivity contribution in [3.05, 3.63) is 0 Å². The number of hydrogen-bond donors (Lipinski definition) is 0. The quantitative estimate of drug-likeness (QED) is 0.340. The van der Waals surface area contributed by atoms with E-state index in [0.717, 1.165) is 39.1 Å². The Kier molecular flexibility index (Phi) is 24.5. The SMILES string of the molecule is CCCCCOB(OCCCCC)OCCCCC.[H-].[K+]. The van der Waals surface area contributed by atoms with Gasteiger partial charge < -0.3 is 15.4 Å². The maximum absolute atomic E-state index is 5.66. The Morgan fingerprint density at radius 2 is 0.900 bits per heavy atom. The molecule has 3 nitrogen and oxygen atoms in total. The standard InChI is InChI=1S/C15H33BO3.K.H/c1-4-7-10-13-17-16(18-14-11-8-5-2)19-15-12-9-6-3;;/h4-15H2,1-3H3;;/q;+1;-1. The van der Waals surface area contributed by atoms with Crippen molar-refractivity contribution in [1.82, 2.24) is 0 Å². The van der Waals surface area contributed by atoms with Crippen LogP contribution in [0.1, 0.15) is 80.0 Å². The molecule has 0 N–H and O–H groups in total. The number of unbranched alkanes of at least 4 members (excludes halogenated alkanes) is 6. The van der Waals surface area contributed by atoms with Gasteiger partial charge in [0.05, 0.1) is 0 Å². The Balaban J connectivity index is -0.00000162. The molecule has 0 aliphatic heterocycles. The molecule has 0 aliphatic carbocycles. The molecule has 0 atom stereocenters. The Hall–Kier alpha value is 1.58. The molecule has 0 bridgehead atoms. The van der Waals surface area contributed by atoms with Gasteiger partial charge in [0.2, 0.25) is 0 Å². The second kappa shape index (κ2) is 20.6. The van der Waals surface area contributed by atoms with Gasteiger partial charge in [0.15, 0.2) is 0 Å². The minimum absolute atomic E-state index is 0. The molecule has 0 heterocycles. The minimum atomic E-state index is -0.453. The Morgan fingerprint density at radius 3 is 1.15 bits per heavy atom. The zero-order chi connectivity index (χ0) is 14.2. The summed E-state index contributed by atoms with van der Waals surface area (Å²) in [5, 5.41) is 0. The van der Waals surface area contributed by atoms with Gasteiger partial charge >= 0.3 is 58.7 Å². The van der Waals surface area contributed by atoms with Crippen LogP contribution in [0, 0.1) is 0 Å². The summed E-state index contributed by atoms with van der Waals surface area (Å²) in [5.74, 6) is 0. The normalized spacial score (nSPS) is 10.3. The topological polar surface area (TPSA) is 27.7 Å². The predicted molar refractivity (Wildman–Crippen MR) is 83.3 cm³/mol. The van der Waals surface area contributed by atoms with Gasteiger partial charge in [0, 0.05) is 19.8 Å². The fourth-order valence-corrected chi connectivity index (χ4v) is 1.74. The van der Waals surface area contributed by atoms with Crippen LogP contribution in [0.15, 0.2) is 0 Å². The van der Waals surface area contributed by atoms with Crippen LogP contribution in [0.2, 0.25) is 0 Å². The maximum atomic E-state index is 5.66. The van der Waals surface area contributed by atoms with Gasteiger partial charge in [-0.05, 0) is 19.3 Å².